The Kier molecular flexibility index (Phi) is 4.39. The zero-order valence-electron chi connectivity index (χ0n) is 9.27. The van der Waals surface area contributed by atoms with Crippen molar-refractivity contribution in [3.8, 4) is 0 Å². The van der Waals surface area contributed by atoms with Crippen LogP contribution >= 0.6 is 0 Å². The van der Waals surface area contributed by atoms with E-state index >= 15 is 0 Å². The SMILES string of the molecule is CCCCCNC(=O)C1(CC)COC1. The van der Waals surface area contributed by atoms with Crippen LogP contribution in [-0.4, -0.2) is 25.7 Å². The van der Waals surface area contributed by atoms with Crippen LogP contribution in [0.15, 0.2) is 0 Å². The molecule has 1 rings (SSSR count). The molecular formula is C11H21NO2. The Balaban J connectivity index is 2.20. The van der Waals surface area contributed by atoms with E-state index in [1.165, 1.54) is 12.8 Å². The second-order valence-corrected chi connectivity index (χ2v) is 4.09. The first-order valence-corrected chi connectivity index (χ1v) is 5.61. The minimum atomic E-state index is -0.202. The van der Waals surface area contributed by atoms with Crippen molar-refractivity contribution in [3.63, 3.8) is 0 Å². The van der Waals surface area contributed by atoms with E-state index in [1.807, 2.05) is 6.92 Å². The molecule has 1 heterocycles. The van der Waals surface area contributed by atoms with Gasteiger partial charge in [-0.3, -0.25) is 4.79 Å². The van der Waals surface area contributed by atoms with Gasteiger partial charge in [-0.2, -0.15) is 0 Å². The van der Waals surface area contributed by atoms with Crippen molar-refractivity contribution in [3.05, 3.63) is 0 Å². The van der Waals surface area contributed by atoms with Gasteiger partial charge in [0.1, 0.15) is 0 Å². The van der Waals surface area contributed by atoms with Gasteiger partial charge in [0.15, 0.2) is 0 Å². The Hall–Kier alpha value is -0.570. The largest absolute Gasteiger partial charge is 0.379 e. The molecule has 3 heteroatoms. The fourth-order valence-electron chi connectivity index (χ4n) is 1.61. The van der Waals surface area contributed by atoms with Gasteiger partial charge in [-0.05, 0) is 12.8 Å². The van der Waals surface area contributed by atoms with Gasteiger partial charge in [0.05, 0.1) is 18.6 Å². The first-order chi connectivity index (χ1) is 6.75. The summed E-state index contributed by atoms with van der Waals surface area (Å²) >= 11 is 0. The fourth-order valence-corrected chi connectivity index (χ4v) is 1.61. The minimum Gasteiger partial charge on any atom is -0.379 e. The molecule has 0 aromatic carbocycles. The number of hydrogen-bond acceptors (Lipinski definition) is 2. The second kappa shape index (κ2) is 5.35. The smallest absolute Gasteiger partial charge is 0.230 e. The maximum Gasteiger partial charge on any atom is 0.230 e. The molecule has 0 aromatic heterocycles. The lowest BCUT2D eigenvalue weighted by Crippen LogP contribution is -2.53. The normalized spacial score (nSPS) is 18.7. The van der Waals surface area contributed by atoms with Crippen LogP contribution in [0.4, 0.5) is 0 Å². The molecule has 0 aromatic rings. The summed E-state index contributed by atoms with van der Waals surface area (Å²) in [5.41, 5.74) is -0.202. The Labute approximate surface area is 86.2 Å². The van der Waals surface area contributed by atoms with Gasteiger partial charge in [-0.1, -0.05) is 26.7 Å². The maximum absolute atomic E-state index is 11.8. The molecule has 0 saturated carbocycles. The van der Waals surface area contributed by atoms with E-state index in [2.05, 4.69) is 12.2 Å². The molecule has 0 radical (unpaired) electrons. The lowest BCUT2D eigenvalue weighted by atomic mass is 9.82. The average molecular weight is 199 g/mol. The highest BCUT2D eigenvalue weighted by Crippen LogP contribution is 2.31. The van der Waals surface area contributed by atoms with Crippen molar-refractivity contribution in [1.29, 1.82) is 0 Å². The predicted octanol–water partition coefficient (Wildman–Crippen LogP) is 1.72. The third-order valence-electron chi connectivity index (χ3n) is 2.98. The highest BCUT2D eigenvalue weighted by molar-refractivity contribution is 5.83. The quantitative estimate of drug-likeness (QED) is 0.661. The number of unbranched alkanes of at least 4 members (excludes halogenated alkanes) is 2. The van der Waals surface area contributed by atoms with E-state index in [0.29, 0.717) is 13.2 Å². The standard InChI is InChI=1S/C11H21NO2/c1-3-5-6-7-12-10(13)11(4-2)8-14-9-11/h3-9H2,1-2H3,(H,12,13). The van der Waals surface area contributed by atoms with E-state index in [4.69, 9.17) is 4.74 Å². The van der Waals surface area contributed by atoms with Gasteiger partial charge in [0.2, 0.25) is 5.91 Å². The zero-order valence-corrected chi connectivity index (χ0v) is 9.27. The summed E-state index contributed by atoms with van der Waals surface area (Å²) < 4.78 is 5.12. The van der Waals surface area contributed by atoms with Crippen molar-refractivity contribution in [2.45, 2.75) is 39.5 Å². The molecular weight excluding hydrogens is 178 g/mol. The summed E-state index contributed by atoms with van der Waals surface area (Å²) in [4.78, 5) is 11.8. The van der Waals surface area contributed by atoms with E-state index < -0.39 is 0 Å². The Bertz CT molecular complexity index is 182. The topological polar surface area (TPSA) is 38.3 Å². The minimum absolute atomic E-state index is 0.183. The lowest BCUT2D eigenvalue weighted by Gasteiger charge is -2.39. The summed E-state index contributed by atoms with van der Waals surface area (Å²) in [6.07, 6.45) is 4.35. The molecule has 1 aliphatic rings. The number of carbonyl (C=O) groups excluding carboxylic acids is 1. The highest BCUT2D eigenvalue weighted by atomic mass is 16.5. The Morgan fingerprint density at radius 1 is 1.36 bits per heavy atom. The number of carbonyl (C=O) groups is 1. The van der Waals surface area contributed by atoms with Gasteiger partial charge in [0, 0.05) is 6.54 Å². The first kappa shape index (κ1) is 11.5. The van der Waals surface area contributed by atoms with Crippen molar-refractivity contribution < 1.29 is 9.53 Å². The molecule has 82 valence electrons. The van der Waals surface area contributed by atoms with Crippen LogP contribution in [0.1, 0.15) is 39.5 Å². The predicted molar refractivity (Wildman–Crippen MR) is 56.1 cm³/mol. The fraction of sp³-hybridized carbons (Fsp3) is 0.909. The van der Waals surface area contributed by atoms with E-state index in [-0.39, 0.29) is 11.3 Å². The van der Waals surface area contributed by atoms with Gasteiger partial charge in [-0.25, -0.2) is 0 Å². The first-order valence-electron chi connectivity index (χ1n) is 5.61. The van der Waals surface area contributed by atoms with Crippen LogP contribution < -0.4 is 5.32 Å². The Morgan fingerprint density at radius 3 is 2.50 bits per heavy atom. The summed E-state index contributed by atoms with van der Waals surface area (Å²) in [5.74, 6) is 0.183. The van der Waals surface area contributed by atoms with E-state index in [0.717, 1.165) is 19.4 Å². The number of hydrogen-bond donors (Lipinski definition) is 1. The lowest BCUT2D eigenvalue weighted by molar-refractivity contribution is -0.162. The van der Waals surface area contributed by atoms with Gasteiger partial charge in [-0.15, -0.1) is 0 Å². The summed E-state index contributed by atoms with van der Waals surface area (Å²) in [5, 5.41) is 2.99. The van der Waals surface area contributed by atoms with Crippen LogP contribution in [0.25, 0.3) is 0 Å². The zero-order chi connectivity index (χ0) is 10.4. The molecule has 0 bridgehead atoms. The van der Waals surface area contributed by atoms with Gasteiger partial charge < -0.3 is 10.1 Å². The second-order valence-electron chi connectivity index (χ2n) is 4.09. The van der Waals surface area contributed by atoms with Crippen LogP contribution in [0, 0.1) is 5.41 Å². The Morgan fingerprint density at radius 2 is 2.07 bits per heavy atom. The number of nitrogens with one attached hydrogen (secondary N) is 1. The molecule has 1 aliphatic heterocycles. The van der Waals surface area contributed by atoms with Crippen molar-refractivity contribution in [2.24, 2.45) is 5.41 Å². The molecule has 1 saturated heterocycles. The monoisotopic (exact) mass is 199 g/mol. The number of rotatable bonds is 6. The number of amides is 1. The maximum atomic E-state index is 11.8. The summed E-state index contributed by atoms with van der Waals surface area (Å²) in [6, 6.07) is 0. The van der Waals surface area contributed by atoms with Crippen LogP contribution in [0.5, 0.6) is 0 Å². The van der Waals surface area contributed by atoms with Crippen molar-refractivity contribution in [2.75, 3.05) is 19.8 Å². The van der Waals surface area contributed by atoms with Crippen LogP contribution in [0.2, 0.25) is 0 Å². The highest BCUT2D eigenvalue weighted by Gasteiger charge is 2.43. The molecule has 0 aliphatic carbocycles. The van der Waals surface area contributed by atoms with Gasteiger partial charge >= 0.3 is 0 Å². The van der Waals surface area contributed by atoms with E-state index in [1.54, 1.807) is 0 Å². The molecule has 1 amide bonds. The molecule has 3 nitrogen and oxygen atoms in total. The molecule has 1 fully saturated rings. The summed E-state index contributed by atoms with van der Waals surface area (Å²) in [6.45, 7) is 6.23. The molecule has 0 atom stereocenters. The van der Waals surface area contributed by atoms with E-state index in [9.17, 15) is 4.79 Å². The van der Waals surface area contributed by atoms with Crippen LogP contribution in [-0.2, 0) is 9.53 Å². The summed E-state index contributed by atoms with van der Waals surface area (Å²) in [7, 11) is 0. The number of ether oxygens (including phenoxy) is 1. The van der Waals surface area contributed by atoms with Crippen molar-refractivity contribution >= 4 is 5.91 Å². The van der Waals surface area contributed by atoms with Gasteiger partial charge in [0.25, 0.3) is 0 Å². The van der Waals surface area contributed by atoms with Crippen LogP contribution in [0.3, 0.4) is 0 Å². The molecule has 14 heavy (non-hydrogen) atoms. The molecule has 0 spiro atoms. The third kappa shape index (κ3) is 2.47. The third-order valence-corrected chi connectivity index (χ3v) is 2.98. The average Bonchev–Trinajstić information content (AvgIpc) is 2.12. The molecule has 1 N–H and O–H groups in total. The molecule has 0 unspecified atom stereocenters. The van der Waals surface area contributed by atoms with Crippen molar-refractivity contribution in [1.82, 2.24) is 5.32 Å².